The molecule has 20 heavy (non-hydrogen) atoms. The first-order valence-corrected chi connectivity index (χ1v) is 8.13. The van der Waals surface area contributed by atoms with Gasteiger partial charge in [0.15, 0.2) is 0 Å². The number of thiophene rings is 1. The van der Waals surface area contributed by atoms with Gasteiger partial charge in [-0.25, -0.2) is 0 Å². The van der Waals surface area contributed by atoms with E-state index in [1.165, 1.54) is 0 Å². The molecule has 0 aliphatic heterocycles. The minimum Gasteiger partial charge on any atom is -0.351 e. The number of hydrogen-bond acceptors (Lipinski definition) is 3. The lowest BCUT2D eigenvalue weighted by Gasteiger charge is -2.14. The minimum atomic E-state index is 0.142. The van der Waals surface area contributed by atoms with Crippen molar-refractivity contribution < 1.29 is 4.79 Å². The Balaban J connectivity index is 2.57. The Bertz CT molecular complexity index is 464. The van der Waals surface area contributed by atoms with Crippen LogP contribution in [0.4, 0.5) is 0 Å². The first-order valence-electron chi connectivity index (χ1n) is 7.25. The summed E-state index contributed by atoms with van der Waals surface area (Å²) in [7, 11) is 0. The van der Waals surface area contributed by atoms with Crippen LogP contribution in [0.5, 0.6) is 0 Å². The standard InChI is InChI=1S/C16H24N2OS/c1-3-6-14(7-4-2)16(19)18-12-15-13(8-5-10-17)9-11-20-15/h9,11,14H,3-4,6-7,10,12,17H2,1-2H3,(H,18,19). The van der Waals surface area contributed by atoms with Crippen molar-refractivity contribution >= 4 is 17.2 Å². The lowest BCUT2D eigenvalue weighted by Crippen LogP contribution is -2.30. The van der Waals surface area contributed by atoms with Crippen molar-refractivity contribution in [1.82, 2.24) is 5.32 Å². The first kappa shape index (κ1) is 16.7. The van der Waals surface area contributed by atoms with Gasteiger partial charge in [-0.2, -0.15) is 0 Å². The van der Waals surface area contributed by atoms with Gasteiger partial charge in [-0.1, -0.05) is 38.5 Å². The summed E-state index contributed by atoms with van der Waals surface area (Å²) in [6.45, 7) is 5.16. The Morgan fingerprint density at radius 2 is 2.10 bits per heavy atom. The molecule has 1 heterocycles. The third-order valence-electron chi connectivity index (χ3n) is 3.14. The largest absolute Gasteiger partial charge is 0.351 e. The number of hydrogen-bond donors (Lipinski definition) is 2. The molecule has 0 aliphatic carbocycles. The molecule has 3 N–H and O–H groups in total. The lowest BCUT2D eigenvalue weighted by molar-refractivity contribution is -0.125. The molecule has 0 spiro atoms. The summed E-state index contributed by atoms with van der Waals surface area (Å²) < 4.78 is 0. The molecule has 1 amide bonds. The normalized spacial score (nSPS) is 10.2. The fourth-order valence-electron chi connectivity index (χ4n) is 2.15. The highest BCUT2D eigenvalue weighted by molar-refractivity contribution is 7.10. The molecular formula is C16H24N2OS. The Morgan fingerprint density at radius 1 is 1.40 bits per heavy atom. The highest BCUT2D eigenvalue weighted by Crippen LogP contribution is 2.17. The van der Waals surface area contributed by atoms with Crippen LogP contribution in [0.3, 0.4) is 0 Å². The molecule has 0 atom stereocenters. The lowest BCUT2D eigenvalue weighted by atomic mass is 9.97. The molecule has 4 heteroatoms. The summed E-state index contributed by atoms with van der Waals surface area (Å²) in [4.78, 5) is 13.3. The summed E-state index contributed by atoms with van der Waals surface area (Å²) in [6.07, 6.45) is 4.02. The topological polar surface area (TPSA) is 55.1 Å². The van der Waals surface area contributed by atoms with Crippen LogP contribution in [0.2, 0.25) is 0 Å². The Kier molecular flexibility index (Phi) is 8.01. The second kappa shape index (κ2) is 9.57. The highest BCUT2D eigenvalue weighted by Gasteiger charge is 2.16. The molecule has 1 aromatic rings. The van der Waals surface area contributed by atoms with Gasteiger partial charge in [-0.05, 0) is 24.3 Å². The maximum absolute atomic E-state index is 12.2. The van der Waals surface area contributed by atoms with E-state index < -0.39 is 0 Å². The van der Waals surface area contributed by atoms with Crippen molar-refractivity contribution in [3.05, 3.63) is 21.9 Å². The number of amides is 1. The summed E-state index contributed by atoms with van der Waals surface area (Å²) in [5, 5.41) is 5.04. The minimum absolute atomic E-state index is 0.142. The van der Waals surface area contributed by atoms with Gasteiger partial charge >= 0.3 is 0 Å². The van der Waals surface area contributed by atoms with Crippen LogP contribution >= 0.6 is 11.3 Å². The van der Waals surface area contributed by atoms with Crippen molar-refractivity contribution in [1.29, 1.82) is 0 Å². The number of rotatable bonds is 7. The molecule has 0 unspecified atom stereocenters. The monoisotopic (exact) mass is 292 g/mol. The van der Waals surface area contributed by atoms with Crippen LogP contribution in [0.15, 0.2) is 11.4 Å². The predicted octanol–water partition coefficient (Wildman–Crippen LogP) is 2.89. The van der Waals surface area contributed by atoms with Crippen LogP contribution in [0, 0.1) is 17.8 Å². The number of nitrogens with one attached hydrogen (secondary N) is 1. The summed E-state index contributed by atoms with van der Waals surface area (Å²) in [5.41, 5.74) is 6.36. The maximum Gasteiger partial charge on any atom is 0.223 e. The number of nitrogens with two attached hydrogens (primary N) is 1. The molecular weight excluding hydrogens is 268 g/mol. The summed E-state index contributed by atoms with van der Waals surface area (Å²) in [6, 6.07) is 1.98. The number of carbonyl (C=O) groups excluding carboxylic acids is 1. The molecule has 3 nitrogen and oxygen atoms in total. The van der Waals surface area contributed by atoms with E-state index in [9.17, 15) is 4.79 Å². The van der Waals surface area contributed by atoms with E-state index in [0.717, 1.165) is 36.1 Å². The third-order valence-corrected chi connectivity index (χ3v) is 4.06. The Hall–Kier alpha value is -1.31. The fourth-order valence-corrected chi connectivity index (χ4v) is 2.92. The smallest absolute Gasteiger partial charge is 0.223 e. The average Bonchev–Trinajstić information content (AvgIpc) is 2.89. The summed E-state index contributed by atoms with van der Waals surface area (Å²) >= 11 is 1.62. The van der Waals surface area contributed by atoms with Crippen LogP contribution in [-0.4, -0.2) is 12.5 Å². The average molecular weight is 292 g/mol. The van der Waals surface area contributed by atoms with Crippen molar-refractivity contribution in [2.24, 2.45) is 11.7 Å². The fraction of sp³-hybridized carbons (Fsp3) is 0.562. The molecule has 0 saturated heterocycles. The quantitative estimate of drug-likeness (QED) is 0.759. The third kappa shape index (κ3) is 5.36. The molecule has 0 fully saturated rings. The highest BCUT2D eigenvalue weighted by atomic mass is 32.1. The van der Waals surface area contributed by atoms with Crippen LogP contribution in [-0.2, 0) is 11.3 Å². The maximum atomic E-state index is 12.2. The second-order valence-corrected chi connectivity index (χ2v) is 5.76. The van der Waals surface area contributed by atoms with Gasteiger partial charge in [-0.3, -0.25) is 4.79 Å². The van der Waals surface area contributed by atoms with E-state index in [2.05, 4.69) is 31.0 Å². The first-order chi connectivity index (χ1) is 9.72. The molecule has 0 aliphatic rings. The van der Waals surface area contributed by atoms with Gasteiger partial charge < -0.3 is 11.1 Å². The van der Waals surface area contributed by atoms with Gasteiger partial charge in [0, 0.05) is 16.4 Å². The van der Waals surface area contributed by atoms with Gasteiger partial charge in [0.25, 0.3) is 0 Å². The number of carbonyl (C=O) groups is 1. The van der Waals surface area contributed by atoms with E-state index in [-0.39, 0.29) is 11.8 Å². The van der Waals surface area contributed by atoms with E-state index in [1.807, 2.05) is 11.4 Å². The van der Waals surface area contributed by atoms with Crippen LogP contribution in [0.25, 0.3) is 0 Å². The molecule has 1 rings (SSSR count). The zero-order chi connectivity index (χ0) is 14.8. The molecule has 0 saturated carbocycles. The zero-order valence-electron chi connectivity index (χ0n) is 12.4. The zero-order valence-corrected chi connectivity index (χ0v) is 13.2. The molecule has 0 radical (unpaired) electrons. The van der Waals surface area contributed by atoms with E-state index in [0.29, 0.717) is 13.1 Å². The van der Waals surface area contributed by atoms with Crippen LogP contribution in [0.1, 0.15) is 50.0 Å². The van der Waals surface area contributed by atoms with Gasteiger partial charge in [0.2, 0.25) is 5.91 Å². The van der Waals surface area contributed by atoms with Crippen molar-refractivity contribution in [2.75, 3.05) is 6.54 Å². The predicted molar refractivity (Wildman–Crippen MR) is 85.4 cm³/mol. The van der Waals surface area contributed by atoms with E-state index in [1.54, 1.807) is 11.3 Å². The van der Waals surface area contributed by atoms with E-state index >= 15 is 0 Å². The van der Waals surface area contributed by atoms with Crippen molar-refractivity contribution in [2.45, 2.75) is 46.1 Å². The molecule has 110 valence electrons. The SMILES string of the molecule is CCCC(CCC)C(=O)NCc1sccc1C#CCN. The van der Waals surface area contributed by atoms with Gasteiger partial charge in [0.1, 0.15) is 0 Å². The second-order valence-electron chi connectivity index (χ2n) is 4.76. The van der Waals surface area contributed by atoms with Crippen molar-refractivity contribution in [3.63, 3.8) is 0 Å². The van der Waals surface area contributed by atoms with Crippen molar-refractivity contribution in [3.8, 4) is 11.8 Å². The van der Waals surface area contributed by atoms with Gasteiger partial charge in [-0.15, -0.1) is 11.3 Å². The molecule has 1 aromatic heterocycles. The van der Waals surface area contributed by atoms with E-state index in [4.69, 9.17) is 5.73 Å². The Labute approximate surface area is 126 Å². The van der Waals surface area contributed by atoms with Crippen LogP contribution < -0.4 is 11.1 Å². The molecule has 0 bridgehead atoms. The van der Waals surface area contributed by atoms with Gasteiger partial charge in [0.05, 0.1) is 13.1 Å². The summed E-state index contributed by atoms with van der Waals surface area (Å²) in [5.74, 6) is 6.20. The molecule has 0 aromatic carbocycles. The Morgan fingerprint density at radius 3 is 2.70 bits per heavy atom.